The van der Waals surface area contributed by atoms with E-state index in [1.54, 1.807) is 0 Å². The van der Waals surface area contributed by atoms with E-state index in [1.165, 1.54) is 0 Å². The number of hydrogen-bond acceptors (Lipinski definition) is 3. The fourth-order valence-corrected chi connectivity index (χ4v) is 4.37. The summed E-state index contributed by atoms with van der Waals surface area (Å²) >= 11 is 0. The highest BCUT2D eigenvalue weighted by Crippen LogP contribution is 2.24. The number of nitrogens with one attached hydrogen (secondary N) is 2. The number of carboxylic acid groups (broad SMARTS) is 1. The molecule has 0 saturated heterocycles. The van der Waals surface area contributed by atoms with Crippen molar-refractivity contribution in [2.75, 3.05) is 6.54 Å². The minimum atomic E-state index is -1.01. The predicted molar refractivity (Wildman–Crippen MR) is 120 cm³/mol. The third kappa shape index (κ3) is 6.09. The molecule has 7 heteroatoms. The van der Waals surface area contributed by atoms with Gasteiger partial charge >= 0.3 is 5.97 Å². The van der Waals surface area contributed by atoms with Gasteiger partial charge in [0.05, 0.1) is 6.42 Å². The average Bonchev–Trinajstić information content (AvgIpc) is 3.05. The number of carbonyl (C=O) groups excluding carboxylic acids is 2. The van der Waals surface area contributed by atoms with Crippen LogP contribution in [0.3, 0.4) is 0 Å². The number of fused-ring (bicyclic) bond motifs is 5. The van der Waals surface area contributed by atoms with E-state index in [0.717, 1.165) is 42.3 Å². The van der Waals surface area contributed by atoms with Crippen LogP contribution in [0.1, 0.15) is 51.5 Å². The van der Waals surface area contributed by atoms with Crippen LogP contribution >= 0.6 is 0 Å². The minimum absolute atomic E-state index is 0.179. The summed E-state index contributed by atoms with van der Waals surface area (Å²) in [6, 6.07) is 7.37. The lowest BCUT2D eigenvalue weighted by molar-refractivity contribution is -0.141. The van der Waals surface area contributed by atoms with Crippen LogP contribution in [0.15, 0.2) is 30.5 Å². The maximum atomic E-state index is 13.0. The summed E-state index contributed by atoms with van der Waals surface area (Å²) in [4.78, 5) is 37.2. The molecule has 1 aromatic heterocycles. The van der Waals surface area contributed by atoms with Gasteiger partial charge in [0.1, 0.15) is 6.04 Å². The summed E-state index contributed by atoms with van der Waals surface area (Å²) in [6.45, 7) is 5.40. The average molecular weight is 428 g/mol. The number of benzene rings is 1. The third-order valence-corrected chi connectivity index (χ3v) is 5.85. The fourth-order valence-electron chi connectivity index (χ4n) is 4.37. The van der Waals surface area contributed by atoms with Gasteiger partial charge in [-0.3, -0.25) is 14.4 Å². The van der Waals surface area contributed by atoms with Gasteiger partial charge in [-0.05, 0) is 43.2 Å². The summed E-state index contributed by atoms with van der Waals surface area (Å²) in [5.74, 6) is -2.07. The third-order valence-electron chi connectivity index (χ3n) is 5.85. The number of carbonyl (C=O) groups is 3. The van der Waals surface area contributed by atoms with E-state index in [-0.39, 0.29) is 24.2 Å². The predicted octanol–water partition coefficient (Wildman–Crippen LogP) is 3.11. The Bertz CT molecular complexity index is 934. The maximum Gasteiger partial charge on any atom is 0.304 e. The Morgan fingerprint density at radius 2 is 2.00 bits per heavy atom. The highest BCUT2D eigenvalue weighted by Gasteiger charge is 2.28. The molecular formula is C24H33N3O4. The standard InChI is InChI=1S/C24H33N3O4/c1-16(2)12-17(14-22(28)29)23(30)26-20-13-18-15-27(21-9-5-4-8-19(18)21)11-7-3-6-10-25-24(20)31/h4-5,8-9,15-17,20H,3,6-7,10-14H2,1-2H3,(H,25,31)(H,26,30)(H,28,29)/t17-,20?/m1/s1. The first kappa shape index (κ1) is 22.8. The maximum absolute atomic E-state index is 13.0. The molecule has 0 aliphatic carbocycles. The first-order chi connectivity index (χ1) is 14.8. The summed E-state index contributed by atoms with van der Waals surface area (Å²) in [6.07, 6.45) is 5.61. The molecule has 2 heterocycles. The minimum Gasteiger partial charge on any atom is -0.481 e. The molecule has 2 atom stereocenters. The van der Waals surface area contributed by atoms with E-state index in [0.29, 0.717) is 19.4 Å². The molecule has 168 valence electrons. The molecule has 31 heavy (non-hydrogen) atoms. The topological polar surface area (TPSA) is 100 Å². The SMILES string of the molecule is CC(C)C[C@H](CC(=O)O)C(=O)NC1Cc2cn(c3ccccc23)CCCCCNC1=O. The molecule has 3 rings (SSSR count). The Hall–Kier alpha value is -2.83. The molecule has 1 aliphatic rings. The Morgan fingerprint density at radius 3 is 2.74 bits per heavy atom. The van der Waals surface area contributed by atoms with Gasteiger partial charge in [0.25, 0.3) is 0 Å². The summed E-state index contributed by atoms with van der Waals surface area (Å²) in [5, 5.41) is 16.1. The highest BCUT2D eigenvalue weighted by molar-refractivity contribution is 5.91. The van der Waals surface area contributed by atoms with Crippen molar-refractivity contribution < 1.29 is 19.5 Å². The molecule has 0 spiro atoms. The van der Waals surface area contributed by atoms with Gasteiger partial charge in [-0.1, -0.05) is 32.0 Å². The van der Waals surface area contributed by atoms with Crippen molar-refractivity contribution in [2.45, 2.75) is 65.0 Å². The lowest BCUT2D eigenvalue weighted by atomic mass is 9.92. The highest BCUT2D eigenvalue weighted by atomic mass is 16.4. The molecule has 1 aliphatic heterocycles. The number of carboxylic acids is 1. The second kappa shape index (κ2) is 10.5. The van der Waals surface area contributed by atoms with E-state index in [4.69, 9.17) is 0 Å². The van der Waals surface area contributed by atoms with Crippen molar-refractivity contribution in [1.29, 1.82) is 0 Å². The monoisotopic (exact) mass is 427 g/mol. The van der Waals surface area contributed by atoms with Crippen LogP contribution in [0, 0.1) is 11.8 Å². The summed E-state index contributed by atoms with van der Waals surface area (Å²) in [5.41, 5.74) is 2.14. The zero-order chi connectivity index (χ0) is 22.4. The first-order valence-electron chi connectivity index (χ1n) is 11.2. The van der Waals surface area contributed by atoms with E-state index in [1.807, 2.05) is 32.0 Å². The van der Waals surface area contributed by atoms with E-state index >= 15 is 0 Å². The summed E-state index contributed by atoms with van der Waals surface area (Å²) < 4.78 is 2.23. The van der Waals surface area contributed by atoms with E-state index < -0.39 is 17.9 Å². The second-order valence-electron chi connectivity index (χ2n) is 8.91. The number of rotatable bonds is 6. The molecule has 1 aromatic carbocycles. The fraction of sp³-hybridized carbons (Fsp3) is 0.542. The number of aliphatic carboxylic acids is 1. The van der Waals surface area contributed by atoms with Crippen molar-refractivity contribution >= 4 is 28.7 Å². The van der Waals surface area contributed by atoms with Crippen LogP contribution in [-0.2, 0) is 27.3 Å². The van der Waals surface area contributed by atoms with Gasteiger partial charge in [-0.2, -0.15) is 0 Å². The lowest BCUT2D eigenvalue weighted by Crippen LogP contribution is -2.50. The number of hydrogen-bond donors (Lipinski definition) is 3. The molecule has 7 nitrogen and oxygen atoms in total. The Labute approximate surface area is 183 Å². The zero-order valence-electron chi connectivity index (χ0n) is 18.4. The molecular weight excluding hydrogens is 394 g/mol. The van der Waals surface area contributed by atoms with E-state index in [2.05, 4.69) is 27.5 Å². The van der Waals surface area contributed by atoms with Gasteiger partial charge in [0.15, 0.2) is 0 Å². The molecule has 2 aromatic rings. The van der Waals surface area contributed by atoms with Crippen LogP contribution in [0.2, 0.25) is 0 Å². The van der Waals surface area contributed by atoms with Crippen LogP contribution in [0.4, 0.5) is 0 Å². The summed E-state index contributed by atoms with van der Waals surface area (Å²) in [7, 11) is 0. The largest absolute Gasteiger partial charge is 0.481 e. The van der Waals surface area contributed by atoms with Gasteiger partial charge < -0.3 is 20.3 Å². The van der Waals surface area contributed by atoms with E-state index in [9.17, 15) is 19.5 Å². The zero-order valence-corrected chi connectivity index (χ0v) is 18.4. The van der Waals surface area contributed by atoms with Crippen LogP contribution in [0.25, 0.3) is 10.9 Å². The molecule has 0 fully saturated rings. The molecule has 3 N–H and O–H groups in total. The lowest BCUT2D eigenvalue weighted by Gasteiger charge is -2.23. The Balaban J connectivity index is 1.88. The van der Waals surface area contributed by atoms with Crippen LogP contribution in [-0.4, -0.2) is 40.0 Å². The quantitative estimate of drug-likeness (QED) is 0.659. The molecule has 2 amide bonds. The Kier molecular flexibility index (Phi) is 7.71. The van der Waals surface area contributed by atoms with Gasteiger partial charge in [-0.25, -0.2) is 0 Å². The number of amides is 2. The van der Waals surface area contributed by atoms with Gasteiger partial charge in [-0.15, -0.1) is 0 Å². The number of aryl methyl sites for hydroxylation is 1. The van der Waals surface area contributed by atoms with Crippen molar-refractivity contribution in [2.24, 2.45) is 11.8 Å². The smallest absolute Gasteiger partial charge is 0.304 e. The number of para-hydroxylation sites is 1. The Morgan fingerprint density at radius 1 is 1.23 bits per heavy atom. The van der Waals surface area contributed by atoms with Crippen molar-refractivity contribution in [3.8, 4) is 0 Å². The van der Waals surface area contributed by atoms with Crippen molar-refractivity contribution in [3.05, 3.63) is 36.0 Å². The van der Waals surface area contributed by atoms with Crippen LogP contribution < -0.4 is 10.6 Å². The normalized spacial score (nSPS) is 18.7. The molecule has 1 unspecified atom stereocenters. The van der Waals surface area contributed by atoms with Gasteiger partial charge in [0.2, 0.25) is 11.8 Å². The van der Waals surface area contributed by atoms with Gasteiger partial charge in [0, 0.05) is 42.5 Å². The molecule has 0 radical (unpaired) electrons. The number of aromatic nitrogens is 1. The van der Waals surface area contributed by atoms with Crippen LogP contribution in [0.5, 0.6) is 0 Å². The molecule has 0 saturated carbocycles. The first-order valence-corrected chi connectivity index (χ1v) is 11.2. The second-order valence-corrected chi connectivity index (χ2v) is 8.91. The van der Waals surface area contributed by atoms with Crippen molar-refractivity contribution in [1.82, 2.24) is 15.2 Å². The molecule has 2 bridgehead atoms. The van der Waals surface area contributed by atoms with Crippen molar-refractivity contribution in [3.63, 3.8) is 0 Å². The number of nitrogens with zero attached hydrogens (tertiary/aromatic N) is 1.